The minimum atomic E-state index is -0.483. The number of hydrogen-bond donors (Lipinski definition) is 0. The monoisotopic (exact) mass is 498 g/mol. The summed E-state index contributed by atoms with van der Waals surface area (Å²) in [6.07, 6.45) is 1.70. The van der Waals surface area contributed by atoms with Gasteiger partial charge in [0, 0.05) is 29.8 Å². The second-order valence-electron chi connectivity index (χ2n) is 9.52. The van der Waals surface area contributed by atoms with E-state index in [-0.39, 0.29) is 24.1 Å². The average molecular weight is 499 g/mol. The smallest absolute Gasteiger partial charge is 0.297 e. The van der Waals surface area contributed by atoms with Crippen molar-refractivity contribution < 1.29 is 9.18 Å². The second kappa shape index (κ2) is 11.8. The van der Waals surface area contributed by atoms with E-state index in [1.165, 1.54) is 12.1 Å². The van der Waals surface area contributed by atoms with Crippen molar-refractivity contribution in [1.29, 1.82) is 0 Å². The Bertz CT molecular complexity index is 1470. The van der Waals surface area contributed by atoms with Crippen LogP contribution in [-0.4, -0.2) is 14.9 Å². The van der Waals surface area contributed by atoms with Gasteiger partial charge in [-0.2, -0.15) is 0 Å². The predicted octanol–water partition coefficient (Wildman–Crippen LogP) is 5.38. The standard InChI is InChI=1S/C31H31FN2O3/c1-22(2)29-27(20-24-10-5-3-6-11-24)33(19-9-12-23-15-17-26(32)18-16-23)31(37)34(30(29)36)21-28(35)25-13-7-4-8-14-25/h3-8,10-11,13-18,22H,9,12,19-21H2,1-2H3. The van der Waals surface area contributed by atoms with Crippen LogP contribution in [0.1, 0.15) is 58.9 Å². The normalized spacial score (nSPS) is 11.1. The Balaban J connectivity index is 1.77. The van der Waals surface area contributed by atoms with Crippen molar-refractivity contribution in [2.24, 2.45) is 0 Å². The number of hydrogen-bond acceptors (Lipinski definition) is 3. The first-order valence-electron chi connectivity index (χ1n) is 12.6. The maximum absolute atomic E-state index is 13.8. The Labute approximate surface area is 215 Å². The molecule has 0 atom stereocenters. The molecule has 0 aliphatic rings. The van der Waals surface area contributed by atoms with Gasteiger partial charge in [-0.05, 0) is 42.0 Å². The summed E-state index contributed by atoms with van der Waals surface area (Å²) in [7, 11) is 0. The van der Waals surface area contributed by atoms with Crippen LogP contribution >= 0.6 is 0 Å². The highest BCUT2D eigenvalue weighted by molar-refractivity contribution is 5.95. The van der Waals surface area contributed by atoms with Crippen molar-refractivity contribution in [3.63, 3.8) is 0 Å². The number of aromatic nitrogens is 2. The number of carbonyl (C=O) groups is 1. The molecule has 0 N–H and O–H groups in total. The summed E-state index contributed by atoms with van der Waals surface area (Å²) in [5.41, 5.74) is 2.75. The maximum Gasteiger partial charge on any atom is 0.331 e. The molecular formula is C31H31FN2O3. The molecule has 3 aromatic carbocycles. The highest BCUT2D eigenvalue weighted by Gasteiger charge is 2.23. The van der Waals surface area contributed by atoms with Gasteiger partial charge < -0.3 is 0 Å². The number of benzene rings is 3. The Kier molecular flexibility index (Phi) is 8.29. The molecule has 5 nitrogen and oxygen atoms in total. The van der Waals surface area contributed by atoms with Crippen LogP contribution in [0.5, 0.6) is 0 Å². The van der Waals surface area contributed by atoms with Gasteiger partial charge in [0.15, 0.2) is 5.78 Å². The van der Waals surface area contributed by atoms with E-state index in [4.69, 9.17) is 0 Å². The van der Waals surface area contributed by atoms with E-state index in [1.807, 2.05) is 50.2 Å². The molecule has 0 amide bonds. The SMILES string of the molecule is CC(C)c1c(Cc2ccccc2)n(CCCc2ccc(F)cc2)c(=O)n(CC(=O)c2ccccc2)c1=O. The maximum atomic E-state index is 13.8. The van der Waals surface area contributed by atoms with Gasteiger partial charge in [0.1, 0.15) is 5.82 Å². The van der Waals surface area contributed by atoms with Crippen molar-refractivity contribution in [3.8, 4) is 0 Å². The van der Waals surface area contributed by atoms with Crippen molar-refractivity contribution >= 4 is 5.78 Å². The first-order valence-corrected chi connectivity index (χ1v) is 12.6. The van der Waals surface area contributed by atoms with E-state index in [0.717, 1.165) is 15.7 Å². The molecule has 0 aliphatic carbocycles. The summed E-state index contributed by atoms with van der Waals surface area (Å²) >= 11 is 0. The zero-order chi connectivity index (χ0) is 26.4. The summed E-state index contributed by atoms with van der Waals surface area (Å²) in [5.74, 6) is -0.724. The molecule has 0 unspecified atom stereocenters. The van der Waals surface area contributed by atoms with Crippen LogP contribution in [0.2, 0.25) is 0 Å². The number of halogens is 1. The van der Waals surface area contributed by atoms with Gasteiger partial charge in [-0.25, -0.2) is 9.18 Å². The fraction of sp³-hybridized carbons (Fsp3) is 0.258. The molecule has 0 aliphatic heterocycles. The molecule has 0 radical (unpaired) electrons. The lowest BCUT2D eigenvalue weighted by molar-refractivity contribution is 0.0968. The van der Waals surface area contributed by atoms with Crippen molar-refractivity contribution in [1.82, 2.24) is 9.13 Å². The van der Waals surface area contributed by atoms with Crippen molar-refractivity contribution in [3.05, 3.63) is 140 Å². The van der Waals surface area contributed by atoms with Crippen LogP contribution in [0, 0.1) is 5.82 Å². The zero-order valence-electron chi connectivity index (χ0n) is 21.2. The second-order valence-corrected chi connectivity index (χ2v) is 9.52. The van der Waals surface area contributed by atoms with Gasteiger partial charge in [0.25, 0.3) is 5.56 Å². The summed E-state index contributed by atoms with van der Waals surface area (Å²) in [4.78, 5) is 40.4. The van der Waals surface area contributed by atoms with Crippen molar-refractivity contribution in [2.45, 2.75) is 52.1 Å². The predicted molar refractivity (Wildman–Crippen MR) is 144 cm³/mol. The zero-order valence-corrected chi connectivity index (χ0v) is 21.2. The van der Waals surface area contributed by atoms with E-state index >= 15 is 0 Å². The van der Waals surface area contributed by atoms with Crippen LogP contribution < -0.4 is 11.2 Å². The number of rotatable bonds is 10. The first-order chi connectivity index (χ1) is 17.8. The third-order valence-electron chi connectivity index (χ3n) is 6.52. The molecule has 6 heteroatoms. The quantitative estimate of drug-likeness (QED) is 0.276. The minimum absolute atomic E-state index is 0.145. The number of carbonyl (C=O) groups excluding carboxylic acids is 1. The van der Waals surface area contributed by atoms with E-state index < -0.39 is 11.2 Å². The van der Waals surface area contributed by atoms with E-state index in [2.05, 4.69) is 0 Å². The largest absolute Gasteiger partial charge is 0.331 e. The van der Waals surface area contributed by atoms with Gasteiger partial charge in [-0.1, -0.05) is 86.6 Å². The first kappa shape index (κ1) is 26.0. The van der Waals surface area contributed by atoms with E-state index in [1.54, 1.807) is 41.0 Å². The third kappa shape index (κ3) is 6.20. The topological polar surface area (TPSA) is 61.1 Å². The lowest BCUT2D eigenvalue weighted by atomic mass is 9.97. The number of ketones is 1. The van der Waals surface area contributed by atoms with Gasteiger partial charge in [0.2, 0.25) is 0 Å². The molecule has 4 aromatic rings. The fourth-order valence-corrected chi connectivity index (χ4v) is 4.64. The average Bonchev–Trinajstić information content (AvgIpc) is 2.90. The van der Waals surface area contributed by atoms with Crippen LogP contribution in [0.4, 0.5) is 4.39 Å². The van der Waals surface area contributed by atoms with Crippen molar-refractivity contribution in [2.75, 3.05) is 0 Å². The molecule has 4 rings (SSSR count). The fourth-order valence-electron chi connectivity index (χ4n) is 4.64. The number of nitrogens with zero attached hydrogens (tertiary/aromatic N) is 2. The summed E-state index contributed by atoms with van der Waals surface area (Å²) in [5, 5.41) is 0. The van der Waals surface area contributed by atoms with Gasteiger partial charge >= 0.3 is 5.69 Å². The van der Waals surface area contributed by atoms with Crippen LogP contribution in [-0.2, 0) is 25.9 Å². The van der Waals surface area contributed by atoms with E-state index in [9.17, 15) is 18.8 Å². The lowest BCUT2D eigenvalue weighted by Gasteiger charge is -2.21. The Morgan fingerprint density at radius 3 is 2.05 bits per heavy atom. The Hall–Kier alpha value is -4.06. The summed E-state index contributed by atoms with van der Waals surface area (Å²) < 4.78 is 16.0. The minimum Gasteiger partial charge on any atom is -0.297 e. The molecule has 1 heterocycles. The molecule has 0 saturated heterocycles. The molecule has 1 aromatic heterocycles. The van der Waals surface area contributed by atoms with E-state index in [0.29, 0.717) is 42.6 Å². The summed E-state index contributed by atoms with van der Waals surface area (Å²) in [6, 6.07) is 24.8. The molecule has 0 spiro atoms. The van der Waals surface area contributed by atoms with Crippen LogP contribution in [0.25, 0.3) is 0 Å². The van der Waals surface area contributed by atoms with Gasteiger partial charge in [-0.15, -0.1) is 0 Å². The van der Waals surface area contributed by atoms with Crippen LogP contribution in [0.3, 0.4) is 0 Å². The Morgan fingerprint density at radius 2 is 1.43 bits per heavy atom. The van der Waals surface area contributed by atoms with Gasteiger partial charge in [-0.3, -0.25) is 18.7 Å². The van der Waals surface area contributed by atoms with Gasteiger partial charge in [0.05, 0.1) is 6.54 Å². The lowest BCUT2D eigenvalue weighted by Crippen LogP contribution is -2.45. The molecule has 0 saturated carbocycles. The third-order valence-corrected chi connectivity index (χ3v) is 6.52. The highest BCUT2D eigenvalue weighted by atomic mass is 19.1. The highest BCUT2D eigenvalue weighted by Crippen LogP contribution is 2.19. The molecule has 0 bridgehead atoms. The molecular weight excluding hydrogens is 467 g/mol. The summed E-state index contributed by atoms with van der Waals surface area (Å²) in [6.45, 7) is 3.92. The Morgan fingerprint density at radius 1 is 0.811 bits per heavy atom. The molecule has 0 fully saturated rings. The number of Topliss-reactive ketones (excluding diaryl/α,β-unsaturated/α-hetero) is 1. The molecule has 37 heavy (non-hydrogen) atoms. The molecule has 190 valence electrons. The van der Waals surface area contributed by atoms with Crippen LogP contribution in [0.15, 0.2) is 94.5 Å². The number of aryl methyl sites for hydroxylation is 1.